The molecule has 0 amide bonds. The van der Waals surface area contributed by atoms with Crippen LogP contribution in [-0.2, 0) is 13.2 Å². The number of hydrogen-bond donors (Lipinski definition) is 0. The molecule has 0 radical (unpaired) electrons. The molecule has 0 atom stereocenters. The first kappa shape index (κ1) is 15.1. The predicted molar refractivity (Wildman–Crippen MR) is 80.0 cm³/mol. The van der Waals surface area contributed by atoms with Crippen LogP contribution < -0.4 is 9.47 Å². The zero-order valence-electron chi connectivity index (χ0n) is 12.6. The third kappa shape index (κ3) is 3.42. The van der Waals surface area contributed by atoms with E-state index in [4.69, 9.17) is 9.47 Å². The molecule has 0 spiro atoms. The highest BCUT2D eigenvalue weighted by Crippen LogP contribution is 2.31. The summed E-state index contributed by atoms with van der Waals surface area (Å²) >= 11 is 0. The van der Waals surface area contributed by atoms with Crippen molar-refractivity contribution in [1.82, 2.24) is 9.78 Å². The Bertz CT molecular complexity index is 620. The number of ether oxygens (including phenoxy) is 2. The molecular formula is C16H20N2O3. The Morgan fingerprint density at radius 3 is 2.76 bits per heavy atom. The third-order valence-corrected chi connectivity index (χ3v) is 3.09. The van der Waals surface area contributed by atoms with Crippen LogP contribution >= 0.6 is 0 Å². The van der Waals surface area contributed by atoms with Gasteiger partial charge in [0.05, 0.1) is 23.6 Å². The van der Waals surface area contributed by atoms with E-state index in [0.717, 1.165) is 24.2 Å². The Hall–Kier alpha value is -2.30. The van der Waals surface area contributed by atoms with Crippen LogP contribution in [0.3, 0.4) is 0 Å². The molecule has 0 aliphatic carbocycles. The average molecular weight is 288 g/mol. The number of nitrogens with zero attached hydrogens (tertiary/aromatic N) is 2. The highest BCUT2D eigenvalue weighted by Gasteiger charge is 2.12. The van der Waals surface area contributed by atoms with Crippen LogP contribution in [0.15, 0.2) is 24.3 Å². The van der Waals surface area contributed by atoms with Gasteiger partial charge in [-0.05, 0) is 39.0 Å². The van der Waals surface area contributed by atoms with Crippen molar-refractivity contribution in [2.75, 3.05) is 6.61 Å². The Morgan fingerprint density at radius 1 is 1.29 bits per heavy atom. The molecule has 2 aromatic rings. The van der Waals surface area contributed by atoms with Crippen LogP contribution in [0.4, 0.5) is 0 Å². The summed E-state index contributed by atoms with van der Waals surface area (Å²) in [5.41, 5.74) is 2.41. The van der Waals surface area contributed by atoms with Gasteiger partial charge in [0.15, 0.2) is 17.8 Å². The van der Waals surface area contributed by atoms with Crippen molar-refractivity contribution < 1.29 is 14.3 Å². The molecule has 0 fully saturated rings. The number of para-hydroxylation sites is 1. The molecule has 0 saturated carbocycles. The topological polar surface area (TPSA) is 53.4 Å². The van der Waals surface area contributed by atoms with Gasteiger partial charge >= 0.3 is 0 Å². The van der Waals surface area contributed by atoms with Gasteiger partial charge in [0, 0.05) is 6.54 Å². The van der Waals surface area contributed by atoms with Gasteiger partial charge in [-0.2, -0.15) is 5.10 Å². The van der Waals surface area contributed by atoms with Crippen molar-refractivity contribution in [2.45, 2.75) is 33.9 Å². The van der Waals surface area contributed by atoms with E-state index < -0.39 is 0 Å². The van der Waals surface area contributed by atoms with E-state index >= 15 is 0 Å². The van der Waals surface area contributed by atoms with Crippen molar-refractivity contribution in [1.29, 1.82) is 0 Å². The second-order valence-electron chi connectivity index (χ2n) is 4.61. The number of aldehydes is 1. The van der Waals surface area contributed by atoms with Crippen LogP contribution in [0.1, 0.15) is 35.6 Å². The fourth-order valence-electron chi connectivity index (χ4n) is 2.18. The lowest BCUT2D eigenvalue weighted by atomic mass is 10.2. The Balaban J connectivity index is 2.24. The summed E-state index contributed by atoms with van der Waals surface area (Å²) in [5.74, 6) is 1.07. The zero-order valence-corrected chi connectivity index (χ0v) is 12.6. The Kier molecular flexibility index (Phi) is 4.98. The van der Waals surface area contributed by atoms with Crippen LogP contribution in [0, 0.1) is 6.92 Å². The van der Waals surface area contributed by atoms with Crippen LogP contribution in [-0.4, -0.2) is 22.7 Å². The molecule has 112 valence electrons. The highest BCUT2D eigenvalue weighted by atomic mass is 16.5. The molecule has 2 rings (SSSR count). The molecule has 5 nitrogen and oxygen atoms in total. The van der Waals surface area contributed by atoms with Gasteiger partial charge in [0.1, 0.15) is 6.61 Å². The van der Waals surface area contributed by atoms with E-state index in [0.29, 0.717) is 30.3 Å². The zero-order chi connectivity index (χ0) is 15.2. The molecule has 0 unspecified atom stereocenters. The lowest BCUT2D eigenvalue weighted by molar-refractivity contribution is 0.111. The number of hydrogen-bond acceptors (Lipinski definition) is 4. The van der Waals surface area contributed by atoms with Crippen molar-refractivity contribution in [2.24, 2.45) is 0 Å². The molecule has 1 aromatic heterocycles. The third-order valence-electron chi connectivity index (χ3n) is 3.09. The monoisotopic (exact) mass is 288 g/mol. The number of carbonyl (C=O) groups excluding carboxylic acids is 1. The summed E-state index contributed by atoms with van der Waals surface area (Å²) in [4.78, 5) is 11.2. The minimum absolute atomic E-state index is 0.347. The van der Waals surface area contributed by atoms with Gasteiger partial charge in [-0.1, -0.05) is 6.07 Å². The van der Waals surface area contributed by atoms with E-state index in [2.05, 4.69) is 5.10 Å². The molecule has 0 aliphatic rings. The van der Waals surface area contributed by atoms with Gasteiger partial charge in [0.2, 0.25) is 0 Å². The summed E-state index contributed by atoms with van der Waals surface area (Å²) in [6, 6.07) is 7.27. The maximum absolute atomic E-state index is 11.2. The lowest BCUT2D eigenvalue weighted by Gasteiger charge is -2.14. The lowest BCUT2D eigenvalue weighted by Crippen LogP contribution is -2.08. The minimum atomic E-state index is 0.347. The van der Waals surface area contributed by atoms with Crippen molar-refractivity contribution in [3.8, 4) is 11.5 Å². The summed E-state index contributed by atoms with van der Waals surface area (Å²) in [6.07, 6.45) is 0.778. The minimum Gasteiger partial charge on any atom is -0.490 e. The molecule has 5 heteroatoms. The van der Waals surface area contributed by atoms with Gasteiger partial charge in [-0.15, -0.1) is 0 Å². The summed E-state index contributed by atoms with van der Waals surface area (Å²) in [5, 5.41) is 4.38. The largest absolute Gasteiger partial charge is 0.490 e. The quantitative estimate of drug-likeness (QED) is 0.735. The second-order valence-corrected chi connectivity index (χ2v) is 4.61. The van der Waals surface area contributed by atoms with Gasteiger partial charge in [-0.25, -0.2) is 0 Å². The SMILES string of the molecule is CCOc1cccc(C=O)c1OCc1cc(C)nn1CC. The first-order valence-electron chi connectivity index (χ1n) is 7.06. The number of rotatable bonds is 7. The van der Waals surface area contributed by atoms with E-state index in [1.165, 1.54) is 0 Å². The first-order valence-corrected chi connectivity index (χ1v) is 7.06. The van der Waals surface area contributed by atoms with Crippen LogP contribution in [0.2, 0.25) is 0 Å². The summed E-state index contributed by atoms with van der Waals surface area (Å²) in [7, 11) is 0. The molecule has 1 heterocycles. The first-order chi connectivity index (χ1) is 10.2. The normalized spacial score (nSPS) is 10.4. The average Bonchev–Trinajstić information content (AvgIpc) is 2.86. The summed E-state index contributed by atoms with van der Waals surface area (Å²) < 4.78 is 13.2. The maximum Gasteiger partial charge on any atom is 0.172 e. The number of carbonyl (C=O) groups is 1. The molecule has 0 saturated heterocycles. The molecule has 21 heavy (non-hydrogen) atoms. The summed E-state index contributed by atoms with van der Waals surface area (Å²) in [6.45, 7) is 7.51. The highest BCUT2D eigenvalue weighted by molar-refractivity contribution is 5.81. The smallest absolute Gasteiger partial charge is 0.172 e. The molecule has 0 N–H and O–H groups in total. The molecule has 0 aliphatic heterocycles. The van der Waals surface area contributed by atoms with Crippen molar-refractivity contribution in [3.05, 3.63) is 41.2 Å². The molecular weight excluding hydrogens is 268 g/mol. The predicted octanol–water partition coefficient (Wildman–Crippen LogP) is 3.00. The van der Waals surface area contributed by atoms with Crippen molar-refractivity contribution in [3.63, 3.8) is 0 Å². The van der Waals surface area contributed by atoms with Crippen LogP contribution in [0.25, 0.3) is 0 Å². The van der Waals surface area contributed by atoms with E-state index in [1.807, 2.05) is 31.5 Å². The van der Waals surface area contributed by atoms with Gasteiger partial charge < -0.3 is 9.47 Å². The van der Waals surface area contributed by atoms with E-state index in [-0.39, 0.29) is 0 Å². The maximum atomic E-state index is 11.2. The fraction of sp³-hybridized carbons (Fsp3) is 0.375. The van der Waals surface area contributed by atoms with Crippen molar-refractivity contribution >= 4 is 6.29 Å². The number of aromatic nitrogens is 2. The Labute approximate surface area is 124 Å². The second kappa shape index (κ2) is 6.92. The number of aryl methyl sites for hydroxylation is 2. The fourth-order valence-corrected chi connectivity index (χ4v) is 2.18. The van der Waals surface area contributed by atoms with Crippen LogP contribution in [0.5, 0.6) is 11.5 Å². The number of benzene rings is 1. The Morgan fingerprint density at radius 2 is 2.10 bits per heavy atom. The van der Waals surface area contributed by atoms with E-state index in [1.54, 1.807) is 18.2 Å². The standard InChI is InChI=1S/C16H20N2O3/c1-4-18-14(9-12(3)17-18)11-21-16-13(10-19)7-6-8-15(16)20-5-2/h6-10H,4-5,11H2,1-3H3. The molecule has 0 bridgehead atoms. The van der Waals surface area contributed by atoms with Gasteiger partial charge in [-0.3, -0.25) is 9.48 Å². The molecule has 1 aromatic carbocycles. The van der Waals surface area contributed by atoms with Gasteiger partial charge in [0.25, 0.3) is 0 Å². The van der Waals surface area contributed by atoms with E-state index in [9.17, 15) is 4.79 Å².